The van der Waals surface area contributed by atoms with Crippen LogP contribution in [-0.4, -0.2) is 23.2 Å². The average molecular weight is 265 g/mol. The molecule has 106 valence electrons. The van der Waals surface area contributed by atoms with Crippen LogP contribution in [-0.2, 0) is 10.4 Å². The van der Waals surface area contributed by atoms with Gasteiger partial charge in [-0.2, -0.15) is 0 Å². The van der Waals surface area contributed by atoms with E-state index >= 15 is 0 Å². The number of amides is 1. The Morgan fingerprint density at radius 2 is 1.68 bits per heavy atom. The summed E-state index contributed by atoms with van der Waals surface area (Å²) in [6.45, 7) is 9.19. The second-order valence-corrected chi connectivity index (χ2v) is 6.17. The molecule has 0 spiro atoms. The van der Waals surface area contributed by atoms with Gasteiger partial charge >= 0.3 is 0 Å². The minimum atomic E-state index is -0.873. The summed E-state index contributed by atoms with van der Waals surface area (Å²) < 4.78 is 5.39. The molecule has 2 N–H and O–H groups in total. The van der Waals surface area contributed by atoms with Crippen molar-refractivity contribution < 1.29 is 14.6 Å². The molecule has 0 saturated heterocycles. The van der Waals surface area contributed by atoms with E-state index in [1.165, 1.54) is 0 Å². The fourth-order valence-electron chi connectivity index (χ4n) is 1.56. The molecule has 0 atom stereocenters. The lowest BCUT2D eigenvalue weighted by molar-refractivity contribution is -0.124. The van der Waals surface area contributed by atoms with Crippen LogP contribution >= 0.6 is 0 Å². The second kappa shape index (κ2) is 5.61. The smallest absolute Gasteiger partial charge is 0.258 e. The SMILES string of the molecule is CC(C)(C)NC(=O)COc1ccc(C(C)(C)O)cc1. The number of aliphatic hydroxyl groups is 1. The fraction of sp³-hybridized carbons (Fsp3) is 0.533. The summed E-state index contributed by atoms with van der Waals surface area (Å²) in [5, 5.41) is 12.6. The number of carbonyl (C=O) groups excluding carboxylic acids is 1. The summed E-state index contributed by atoms with van der Waals surface area (Å²) in [7, 11) is 0. The molecule has 0 heterocycles. The van der Waals surface area contributed by atoms with Gasteiger partial charge in [0.05, 0.1) is 5.60 Å². The van der Waals surface area contributed by atoms with E-state index in [4.69, 9.17) is 4.74 Å². The third-order valence-corrected chi connectivity index (χ3v) is 2.45. The summed E-state index contributed by atoms with van der Waals surface area (Å²) in [6, 6.07) is 7.07. The molecule has 19 heavy (non-hydrogen) atoms. The highest BCUT2D eigenvalue weighted by molar-refractivity contribution is 5.78. The molecular formula is C15H23NO3. The molecule has 0 aliphatic rings. The molecule has 0 radical (unpaired) electrons. The van der Waals surface area contributed by atoms with Crippen molar-refractivity contribution in [3.05, 3.63) is 29.8 Å². The van der Waals surface area contributed by atoms with Crippen LogP contribution in [0.3, 0.4) is 0 Å². The molecule has 1 amide bonds. The Hall–Kier alpha value is -1.55. The van der Waals surface area contributed by atoms with Crippen LogP contribution in [0.5, 0.6) is 5.75 Å². The number of carbonyl (C=O) groups is 1. The number of rotatable bonds is 4. The molecule has 0 unspecified atom stereocenters. The quantitative estimate of drug-likeness (QED) is 0.877. The predicted molar refractivity (Wildman–Crippen MR) is 75.1 cm³/mol. The predicted octanol–water partition coefficient (Wildman–Crippen LogP) is 2.21. The summed E-state index contributed by atoms with van der Waals surface area (Å²) >= 11 is 0. The standard InChI is InChI=1S/C15H23NO3/c1-14(2,3)16-13(17)10-19-12-8-6-11(7-9-12)15(4,5)18/h6-9,18H,10H2,1-5H3,(H,16,17). The molecule has 0 aliphatic carbocycles. The first-order valence-electron chi connectivity index (χ1n) is 6.35. The molecule has 0 saturated carbocycles. The molecule has 4 nitrogen and oxygen atoms in total. The number of nitrogens with one attached hydrogen (secondary N) is 1. The molecule has 1 aromatic rings. The van der Waals surface area contributed by atoms with Crippen molar-refractivity contribution >= 4 is 5.91 Å². The van der Waals surface area contributed by atoms with E-state index in [1.807, 2.05) is 20.8 Å². The van der Waals surface area contributed by atoms with Gasteiger partial charge in [-0.05, 0) is 52.3 Å². The fourth-order valence-corrected chi connectivity index (χ4v) is 1.56. The molecule has 0 aromatic heterocycles. The van der Waals surface area contributed by atoms with E-state index < -0.39 is 5.60 Å². The molecule has 1 aromatic carbocycles. The van der Waals surface area contributed by atoms with Crippen LogP contribution in [0.15, 0.2) is 24.3 Å². The van der Waals surface area contributed by atoms with E-state index in [-0.39, 0.29) is 18.1 Å². The van der Waals surface area contributed by atoms with Crippen molar-refractivity contribution in [2.24, 2.45) is 0 Å². The first-order chi connectivity index (χ1) is 8.58. The van der Waals surface area contributed by atoms with Crippen molar-refractivity contribution in [1.29, 1.82) is 0 Å². The highest BCUT2D eigenvalue weighted by Gasteiger charge is 2.16. The van der Waals surface area contributed by atoms with E-state index in [1.54, 1.807) is 38.1 Å². The Kier molecular flexibility index (Phi) is 4.58. The van der Waals surface area contributed by atoms with Crippen molar-refractivity contribution in [3.63, 3.8) is 0 Å². The maximum atomic E-state index is 11.6. The number of hydrogen-bond donors (Lipinski definition) is 2. The minimum absolute atomic E-state index is 0.0147. The zero-order valence-electron chi connectivity index (χ0n) is 12.3. The van der Waals surface area contributed by atoms with Crippen LogP contribution in [0, 0.1) is 0 Å². The third kappa shape index (κ3) is 5.75. The zero-order valence-corrected chi connectivity index (χ0v) is 12.3. The van der Waals surface area contributed by atoms with Gasteiger partial charge in [-0.1, -0.05) is 12.1 Å². The summed E-state index contributed by atoms with van der Waals surface area (Å²) in [5.41, 5.74) is -0.327. The third-order valence-electron chi connectivity index (χ3n) is 2.45. The van der Waals surface area contributed by atoms with E-state index in [2.05, 4.69) is 5.32 Å². The van der Waals surface area contributed by atoms with Gasteiger partial charge < -0.3 is 15.2 Å². The molecule has 0 fully saturated rings. The summed E-state index contributed by atoms with van der Waals surface area (Å²) in [4.78, 5) is 11.6. The van der Waals surface area contributed by atoms with Crippen molar-refractivity contribution in [2.75, 3.05) is 6.61 Å². The lowest BCUT2D eigenvalue weighted by Gasteiger charge is -2.21. The van der Waals surface area contributed by atoms with Crippen LogP contribution in [0.1, 0.15) is 40.2 Å². The molecule has 0 bridgehead atoms. The molecular weight excluding hydrogens is 242 g/mol. The van der Waals surface area contributed by atoms with Crippen LogP contribution in [0.2, 0.25) is 0 Å². The Labute approximate surface area is 114 Å². The van der Waals surface area contributed by atoms with Gasteiger partial charge in [-0.25, -0.2) is 0 Å². The van der Waals surface area contributed by atoms with Gasteiger partial charge in [0.15, 0.2) is 6.61 Å². The van der Waals surface area contributed by atoms with Crippen LogP contribution < -0.4 is 10.1 Å². The second-order valence-electron chi connectivity index (χ2n) is 6.17. The van der Waals surface area contributed by atoms with E-state index in [0.29, 0.717) is 5.75 Å². The number of ether oxygens (including phenoxy) is 1. The monoisotopic (exact) mass is 265 g/mol. The Morgan fingerprint density at radius 3 is 2.11 bits per heavy atom. The van der Waals surface area contributed by atoms with Gasteiger partial charge in [0.2, 0.25) is 0 Å². The van der Waals surface area contributed by atoms with Gasteiger partial charge in [-0.3, -0.25) is 4.79 Å². The topological polar surface area (TPSA) is 58.6 Å². The van der Waals surface area contributed by atoms with Crippen molar-refractivity contribution in [2.45, 2.75) is 45.8 Å². The van der Waals surface area contributed by atoms with Crippen molar-refractivity contribution in [1.82, 2.24) is 5.32 Å². The molecule has 0 aliphatic heterocycles. The van der Waals surface area contributed by atoms with Crippen molar-refractivity contribution in [3.8, 4) is 5.75 Å². The maximum Gasteiger partial charge on any atom is 0.258 e. The summed E-state index contributed by atoms with van der Waals surface area (Å²) in [5.74, 6) is 0.455. The number of benzene rings is 1. The van der Waals surface area contributed by atoms with Gasteiger partial charge in [0.1, 0.15) is 5.75 Å². The lowest BCUT2D eigenvalue weighted by Crippen LogP contribution is -2.43. The Morgan fingerprint density at radius 1 is 1.16 bits per heavy atom. The zero-order chi connectivity index (χ0) is 14.7. The van der Waals surface area contributed by atoms with Gasteiger partial charge in [0.25, 0.3) is 5.91 Å². The number of hydrogen-bond acceptors (Lipinski definition) is 3. The minimum Gasteiger partial charge on any atom is -0.484 e. The molecule has 1 rings (SSSR count). The van der Waals surface area contributed by atoms with Gasteiger partial charge in [-0.15, -0.1) is 0 Å². The van der Waals surface area contributed by atoms with E-state index in [9.17, 15) is 9.90 Å². The Balaban J connectivity index is 2.53. The first-order valence-corrected chi connectivity index (χ1v) is 6.35. The van der Waals surface area contributed by atoms with Crippen LogP contribution in [0.25, 0.3) is 0 Å². The summed E-state index contributed by atoms with van der Waals surface area (Å²) in [6.07, 6.45) is 0. The average Bonchev–Trinajstić information content (AvgIpc) is 2.23. The first kappa shape index (κ1) is 15.5. The lowest BCUT2D eigenvalue weighted by atomic mass is 9.99. The highest BCUT2D eigenvalue weighted by atomic mass is 16.5. The molecule has 4 heteroatoms. The van der Waals surface area contributed by atoms with Gasteiger partial charge in [0, 0.05) is 5.54 Å². The van der Waals surface area contributed by atoms with E-state index in [0.717, 1.165) is 5.56 Å². The normalized spacial score (nSPS) is 12.1. The maximum absolute atomic E-state index is 11.6. The Bertz CT molecular complexity index is 424. The van der Waals surface area contributed by atoms with Crippen LogP contribution in [0.4, 0.5) is 0 Å². The largest absolute Gasteiger partial charge is 0.484 e. The highest BCUT2D eigenvalue weighted by Crippen LogP contribution is 2.22.